The summed E-state index contributed by atoms with van der Waals surface area (Å²) in [5, 5.41) is 20.4. The fourth-order valence-corrected chi connectivity index (χ4v) is 4.39. The van der Waals surface area contributed by atoms with Crippen LogP contribution in [0.4, 0.5) is 0 Å². The molecule has 22 heavy (non-hydrogen) atoms. The van der Waals surface area contributed by atoms with Crippen molar-refractivity contribution in [2.24, 2.45) is 0 Å². The molecule has 0 saturated heterocycles. The van der Waals surface area contributed by atoms with E-state index in [1.165, 1.54) is 0 Å². The second-order valence-corrected chi connectivity index (χ2v) is 7.67. The third kappa shape index (κ3) is 2.09. The van der Waals surface area contributed by atoms with Crippen LogP contribution in [-0.4, -0.2) is 10.2 Å². The first-order valence-corrected chi connectivity index (χ1v) is 7.94. The molecule has 0 bridgehead atoms. The molecule has 1 unspecified atom stereocenters. The van der Waals surface area contributed by atoms with Crippen molar-refractivity contribution in [3.63, 3.8) is 0 Å². The van der Waals surface area contributed by atoms with Gasteiger partial charge < -0.3 is 10.2 Å². The molecule has 2 N–H and O–H groups in total. The number of rotatable bonds is 1. The van der Waals surface area contributed by atoms with Crippen LogP contribution in [-0.2, 0) is 10.8 Å². The highest BCUT2D eigenvalue weighted by atomic mass is 35.5. The van der Waals surface area contributed by atoms with Gasteiger partial charge in [0.25, 0.3) is 0 Å². The Bertz CT molecular complexity index is 768. The van der Waals surface area contributed by atoms with Gasteiger partial charge >= 0.3 is 0 Å². The molecule has 0 amide bonds. The normalized spacial score (nSPS) is 22.6. The van der Waals surface area contributed by atoms with Crippen molar-refractivity contribution in [3.05, 3.63) is 57.1 Å². The van der Waals surface area contributed by atoms with E-state index in [0.717, 1.165) is 23.1 Å². The lowest BCUT2D eigenvalue weighted by Gasteiger charge is -2.29. The van der Waals surface area contributed by atoms with Gasteiger partial charge in [-0.25, -0.2) is 0 Å². The Morgan fingerprint density at radius 3 is 2.23 bits per heavy atom. The number of halogens is 2. The van der Waals surface area contributed by atoms with Crippen molar-refractivity contribution in [2.75, 3.05) is 0 Å². The maximum atomic E-state index is 10.0. The predicted molar refractivity (Wildman–Crippen MR) is 90.3 cm³/mol. The highest BCUT2D eigenvalue weighted by Gasteiger charge is 2.47. The summed E-state index contributed by atoms with van der Waals surface area (Å²) in [7, 11) is 0. The van der Waals surface area contributed by atoms with Crippen molar-refractivity contribution in [3.8, 4) is 11.5 Å². The van der Waals surface area contributed by atoms with E-state index in [2.05, 4.69) is 20.8 Å². The number of phenolic OH excluding ortho intramolecular Hbond substituents is 2. The molecule has 4 heteroatoms. The first-order chi connectivity index (χ1) is 10.2. The summed E-state index contributed by atoms with van der Waals surface area (Å²) >= 11 is 12.5. The fraction of sp³-hybridized carbons (Fsp3) is 0.333. The van der Waals surface area contributed by atoms with Gasteiger partial charge in [-0.05, 0) is 46.7 Å². The molecule has 0 radical (unpaired) electrons. The van der Waals surface area contributed by atoms with E-state index in [1.54, 1.807) is 18.2 Å². The van der Waals surface area contributed by atoms with Gasteiger partial charge in [-0.3, -0.25) is 0 Å². The van der Waals surface area contributed by atoms with Gasteiger partial charge in [0.2, 0.25) is 0 Å². The second-order valence-electron chi connectivity index (χ2n) is 6.88. The molecule has 2 aromatic rings. The van der Waals surface area contributed by atoms with E-state index >= 15 is 0 Å². The van der Waals surface area contributed by atoms with Gasteiger partial charge in [-0.15, -0.1) is 0 Å². The van der Waals surface area contributed by atoms with Gasteiger partial charge in [0.15, 0.2) is 0 Å². The van der Waals surface area contributed by atoms with Crippen molar-refractivity contribution in [2.45, 2.75) is 38.0 Å². The Kier molecular flexibility index (Phi) is 3.39. The van der Waals surface area contributed by atoms with E-state index in [0.29, 0.717) is 10.0 Å². The monoisotopic (exact) mass is 336 g/mol. The molecule has 3 rings (SSSR count). The van der Waals surface area contributed by atoms with Crippen LogP contribution in [0.15, 0.2) is 30.3 Å². The van der Waals surface area contributed by atoms with Crippen LogP contribution in [0, 0.1) is 0 Å². The molecule has 0 heterocycles. The maximum Gasteiger partial charge on any atom is 0.134 e. The van der Waals surface area contributed by atoms with Gasteiger partial charge in [-0.1, -0.05) is 56.1 Å². The zero-order valence-electron chi connectivity index (χ0n) is 12.7. The Morgan fingerprint density at radius 1 is 0.955 bits per heavy atom. The summed E-state index contributed by atoms with van der Waals surface area (Å²) in [5.41, 5.74) is 2.63. The Balaban J connectivity index is 2.29. The topological polar surface area (TPSA) is 40.5 Å². The molecule has 2 nitrogen and oxygen atoms in total. The van der Waals surface area contributed by atoms with E-state index in [9.17, 15) is 10.2 Å². The third-order valence-corrected chi connectivity index (χ3v) is 5.47. The summed E-state index contributed by atoms with van der Waals surface area (Å²) in [6.07, 6.45) is 0.847. The van der Waals surface area contributed by atoms with Crippen LogP contribution in [0.5, 0.6) is 11.5 Å². The third-order valence-electron chi connectivity index (χ3n) is 4.78. The molecular weight excluding hydrogens is 319 g/mol. The molecule has 2 aromatic carbocycles. The molecule has 0 aliphatic heterocycles. The number of phenols is 2. The SMILES string of the molecule is CC1(C)CC(C)(c2ccc(O)c(Cl)c2)c2c1ccc(O)c2Cl. The Morgan fingerprint density at radius 2 is 1.59 bits per heavy atom. The van der Waals surface area contributed by atoms with E-state index in [-0.39, 0.29) is 22.3 Å². The van der Waals surface area contributed by atoms with Gasteiger partial charge in [-0.2, -0.15) is 0 Å². The number of hydrogen-bond donors (Lipinski definition) is 2. The molecule has 0 aromatic heterocycles. The summed E-state index contributed by atoms with van der Waals surface area (Å²) in [6.45, 7) is 6.45. The standard InChI is InChI=1S/C18H18Cl2O2/c1-17(2)9-18(3,10-4-6-13(21)12(19)8-10)15-11(17)5-7-14(22)16(15)20/h4-8,21-22H,9H2,1-3H3. The lowest BCUT2D eigenvalue weighted by molar-refractivity contribution is 0.423. The molecule has 0 spiro atoms. The first kappa shape index (κ1) is 15.5. The number of fused-ring (bicyclic) bond motifs is 1. The van der Waals surface area contributed by atoms with Crippen LogP contribution < -0.4 is 0 Å². The summed E-state index contributed by atoms with van der Waals surface area (Å²) in [4.78, 5) is 0. The lowest BCUT2D eigenvalue weighted by atomic mass is 9.75. The van der Waals surface area contributed by atoms with Crippen LogP contribution in [0.1, 0.15) is 43.9 Å². The van der Waals surface area contributed by atoms with Crippen molar-refractivity contribution in [1.82, 2.24) is 0 Å². The maximum absolute atomic E-state index is 10.0. The van der Waals surface area contributed by atoms with Crippen molar-refractivity contribution in [1.29, 1.82) is 0 Å². The second kappa shape index (κ2) is 4.81. The minimum absolute atomic E-state index is 0.0634. The van der Waals surface area contributed by atoms with E-state index < -0.39 is 0 Å². The van der Waals surface area contributed by atoms with Gasteiger partial charge in [0, 0.05) is 5.41 Å². The summed E-state index contributed by atoms with van der Waals surface area (Å²) in [6, 6.07) is 8.85. The largest absolute Gasteiger partial charge is 0.506 e. The highest BCUT2D eigenvalue weighted by Crippen LogP contribution is 2.56. The average molecular weight is 337 g/mol. The van der Waals surface area contributed by atoms with Crippen LogP contribution >= 0.6 is 23.2 Å². The molecule has 1 aliphatic carbocycles. The molecule has 0 saturated carbocycles. The highest BCUT2D eigenvalue weighted by molar-refractivity contribution is 6.33. The molecule has 1 aliphatic rings. The molecule has 1 atom stereocenters. The molecule has 116 valence electrons. The average Bonchev–Trinajstić information content (AvgIpc) is 2.65. The zero-order valence-corrected chi connectivity index (χ0v) is 14.3. The van der Waals surface area contributed by atoms with Gasteiger partial charge in [0.05, 0.1) is 10.0 Å². The Hall–Kier alpha value is -1.38. The minimum atomic E-state index is -0.369. The fourth-order valence-electron chi connectivity index (χ4n) is 3.83. The van der Waals surface area contributed by atoms with Crippen LogP contribution in [0.25, 0.3) is 0 Å². The van der Waals surface area contributed by atoms with Crippen LogP contribution in [0.3, 0.4) is 0 Å². The summed E-state index contributed by atoms with van der Waals surface area (Å²) < 4.78 is 0. The first-order valence-electron chi connectivity index (χ1n) is 7.18. The van der Waals surface area contributed by atoms with E-state index in [4.69, 9.17) is 23.2 Å². The Labute approximate surface area is 140 Å². The number of benzene rings is 2. The molecular formula is C18H18Cl2O2. The smallest absolute Gasteiger partial charge is 0.134 e. The van der Waals surface area contributed by atoms with E-state index in [1.807, 2.05) is 12.1 Å². The lowest BCUT2D eigenvalue weighted by Crippen LogP contribution is -2.23. The van der Waals surface area contributed by atoms with Crippen molar-refractivity contribution >= 4 is 23.2 Å². The predicted octanol–water partition coefficient (Wildman–Crippen LogP) is 5.39. The number of hydrogen-bond acceptors (Lipinski definition) is 2. The van der Waals surface area contributed by atoms with Crippen molar-refractivity contribution < 1.29 is 10.2 Å². The number of aromatic hydroxyl groups is 2. The summed E-state index contributed by atoms with van der Waals surface area (Å²) in [5.74, 6) is 0.155. The zero-order chi connectivity index (χ0) is 16.3. The minimum Gasteiger partial charge on any atom is -0.506 e. The van der Waals surface area contributed by atoms with Gasteiger partial charge in [0.1, 0.15) is 11.5 Å². The van der Waals surface area contributed by atoms with Crippen LogP contribution in [0.2, 0.25) is 10.0 Å². The quantitative estimate of drug-likeness (QED) is 0.732. The molecule has 0 fully saturated rings.